The summed E-state index contributed by atoms with van der Waals surface area (Å²) in [6, 6.07) is 11.4. The summed E-state index contributed by atoms with van der Waals surface area (Å²) in [6.45, 7) is 10.5. The molecule has 1 aliphatic rings. The van der Waals surface area contributed by atoms with Crippen molar-refractivity contribution >= 4 is 10.9 Å². The van der Waals surface area contributed by atoms with Gasteiger partial charge in [-0.2, -0.15) is 0 Å². The number of aryl methyl sites for hydroxylation is 2. The Balaban J connectivity index is 1.57. The van der Waals surface area contributed by atoms with Gasteiger partial charge in [0.15, 0.2) is 0 Å². The number of aromatic amines is 1. The van der Waals surface area contributed by atoms with Crippen LogP contribution in [0.15, 0.2) is 36.5 Å². The second-order valence-electron chi connectivity index (χ2n) is 8.29. The summed E-state index contributed by atoms with van der Waals surface area (Å²) in [4.78, 5) is 10.8. The van der Waals surface area contributed by atoms with Gasteiger partial charge in [-0.3, -0.25) is 4.98 Å². The molecule has 1 fully saturated rings. The Morgan fingerprint density at radius 1 is 1.11 bits per heavy atom. The van der Waals surface area contributed by atoms with E-state index in [1.165, 1.54) is 78.6 Å². The highest BCUT2D eigenvalue weighted by atomic mass is 15.1. The van der Waals surface area contributed by atoms with Crippen molar-refractivity contribution in [3.63, 3.8) is 0 Å². The van der Waals surface area contributed by atoms with Crippen LogP contribution in [0.25, 0.3) is 22.2 Å². The van der Waals surface area contributed by atoms with E-state index < -0.39 is 0 Å². The van der Waals surface area contributed by atoms with E-state index in [-0.39, 0.29) is 0 Å². The van der Waals surface area contributed by atoms with Crippen molar-refractivity contribution in [2.75, 3.05) is 19.6 Å². The maximum absolute atomic E-state index is 4.45. The highest BCUT2D eigenvalue weighted by Crippen LogP contribution is 2.34. The number of benzene rings is 1. The topological polar surface area (TPSA) is 31.9 Å². The fourth-order valence-corrected chi connectivity index (χ4v) is 4.59. The quantitative estimate of drug-likeness (QED) is 0.566. The molecule has 0 atom stereocenters. The maximum atomic E-state index is 4.45. The number of piperidine rings is 1. The Kier molecular flexibility index (Phi) is 5.82. The minimum atomic E-state index is 0.702. The molecule has 0 radical (unpaired) electrons. The zero-order valence-corrected chi connectivity index (χ0v) is 17.6. The van der Waals surface area contributed by atoms with Crippen LogP contribution < -0.4 is 0 Å². The fraction of sp³-hybridized carbons (Fsp3) is 0.480. The number of hydrogen-bond acceptors (Lipinski definition) is 2. The Morgan fingerprint density at radius 2 is 1.93 bits per heavy atom. The second kappa shape index (κ2) is 8.48. The van der Waals surface area contributed by atoms with Gasteiger partial charge in [0.1, 0.15) is 0 Å². The first-order valence-electron chi connectivity index (χ1n) is 11.0. The van der Waals surface area contributed by atoms with E-state index in [0.717, 1.165) is 12.1 Å². The molecule has 2 aromatic heterocycles. The van der Waals surface area contributed by atoms with Crippen molar-refractivity contribution in [3.8, 4) is 11.3 Å². The SMILES string of the molecule is CCCCN1CCC(c2ccc3[nH]c(-c4ccnc(CC)c4)c(C)c3c2)CC1. The van der Waals surface area contributed by atoms with E-state index in [4.69, 9.17) is 0 Å². The average molecular weight is 376 g/mol. The zero-order chi connectivity index (χ0) is 19.5. The highest BCUT2D eigenvalue weighted by molar-refractivity contribution is 5.91. The molecule has 1 aromatic carbocycles. The number of nitrogens with one attached hydrogen (secondary N) is 1. The van der Waals surface area contributed by atoms with Crippen molar-refractivity contribution < 1.29 is 0 Å². The summed E-state index contributed by atoms with van der Waals surface area (Å²) in [6.07, 6.45) is 8.09. The third-order valence-electron chi connectivity index (χ3n) is 6.44. The van der Waals surface area contributed by atoms with Gasteiger partial charge in [0.25, 0.3) is 0 Å². The van der Waals surface area contributed by atoms with Crippen molar-refractivity contribution in [2.45, 2.75) is 58.8 Å². The molecule has 4 rings (SSSR count). The van der Waals surface area contributed by atoms with E-state index >= 15 is 0 Å². The van der Waals surface area contributed by atoms with E-state index in [2.05, 4.69) is 66.0 Å². The lowest BCUT2D eigenvalue weighted by molar-refractivity contribution is 0.210. The zero-order valence-electron chi connectivity index (χ0n) is 17.6. The molecule has 0 bridgehead atoms. The Labute approximate surface area is 169 Å². The van der Waals surface area contributed by atoms with E-state index in [1.54, 1.807) is 0 Å². The molecular formula is C25H33N3. The fourth-order valence-electron chi connectivity index (χ4n) is 4.59. The lowest BCUT2D eigenvalue weighted by Gasteiger charge is -2.32. The third kappa shape index (κ3) is 3.86. The summed E-state index contributed by atoms with van der Waals surface area (Å²) in [5.41, 5.74) is 7.73. The van der Waals surface area contributed by atoms with Crippen molar-refractivity contribution in [1.82, 2.24) is 14.9 Å². The number of aromatic nitrogens is 2. The van der Waals surface area contributed by atoms with Gasteiger partial charge in [0.2, 0.25) is 0 Å². The molecule has 1 aliphatic heterocycles. The van der Waals surface area contributed by atoms with Crippen LogP contribution in [-0.4, -0.2) is 34.5 Å². The molecule has 28 heavy (non-hydrogen) atoms. The van der Waals surface area contributed by atoms with Crippen LogP contribution >= 0.6 is 0 Å². The summed E-state index contributed by atoms with van der Waals surface area (Å²) >= 11 is 0. The monoisotopic (exact) mass is 375 g/mol. The molecule has 0 saturated carbocycles. The number of likely N-dealkylation sites (tertiary alicyclic amines) is 1. The second-order valence-corrected chi connectivity index (χ2v) is 8.29. The molecule has 1 N–H and O–H groups in total. The van der Waals surface area contributed by atoms with Gasteiger partial charge < -0.3 is 9.88 Å². The molecule has 0 amide bonds. The molecule has 0 aliphatic carbocycles. The molecule has 3 nitrogen and oxygen atoms in total. The van der Waals surface area contributed by atoms with E-state index in [0.29, 0.717) is 5.92 Å². The van der Waals surface area contributed by atoms with E-state index in [9.17, 15) is 0 Å². The van der Waals surface area contributed by atoms with E-state index in [1.807, 2.05) is 6.20 Å². The molecule has 3 aromatic rings. The first-order chi connectivity index (χ1) is 13.7. The van der Waals surface area contributed by atoms with Crippen molar-refractivity contribution in [1.29, 1.82) is 0 Å². The largest absolute Gasteiger partial charge is 0.354 e. The standard InChI is InChI=1S/C25H33N3/c1-4-6-13-28-14-10-19(11-15-28)20-7-8-24-23(17-20)18(3)25(27-24)21-9-12-26-22(5-2)16-21/h7-9,12,16-17,19,27H,4-6,10-11,13-15H2,1-3H3. The summed E-state index contributed by atoms with van der Waals surface area (Å²) in [5, 5.41) is 1.37. The first-order valence-corrected chi connectivity index (χ1v) is 11.0. The van der Waals surface area contributed by atoms with Gasteiger partial charge in [-0.15, -0.1) is 0 Å². The molecule has 0 spiro atoms. The number of H-pyrrole nitrogens is 1. The number of hydrogen-bond donors (Lipinski definition) is 1. The Bertz CT molecular complexity index is 932. The van der Waals surface area contributed by atoms with Gasteiger partial charge in [-0.25, -0.2) is 0 Å². The van der Waals surface area contributed by atoms with Crippen LogP contribution in [0.2, 0.25) is 0 Å². The van der Waals surface area contributed by atoms with Crippen molar-refractivity contribution in [2.24, 2.45) is 0 Å². The van der Waals surface area contributed by atoms with Crippen LogP contribution in [0.5, 0.6) is 0 Å². The summed E-state index contributed by atoms with van der Waals surface area (Å²) in [7, 11) is 0. The van der Waals surface area contributed by atoms with Crippen LogP contribution in [-0.2, 0) is 6.42 Å². The molecule has 0 unspecified atom stereocenters. The van der Waals surface area contributed by atoms with Gasteiger partial charge in [-0.05, 0) is 93.6 Å². The lowest BCUT2D eigenvalue weighted by atomic mass is 9.88. The molecule has 1 saturated heterocycles. The lowest BCUT2D eigenvalue weighted by Crippen LogP contribution is -2.33. The molecule has 148 valence electrons. The number of nitrogens with zero attached hydrogens (tertiary/aromatic N) is 2. The third-order valence-corrected chi connectivity index (χ3v) is 6.44. The smallest absolute Gasteiger partial charge is 0.0495 e. The minimum absolute atomic E-state index is 0.702. The number of unbranched alkanes of at least 4 members (excludes halogenated alkanes) is 1. The maximum Gasteiger partial charge on any atom is 0.0495 e. The first kappa shape index (κ1) is 19.2. The highest BCUT2D eigenvalue weighted by Gasteiger charge is 2.21. The van der Waals surface area contributed by atoms with Gasteiger partial charge in [0, 0.05) is 34.1 Å². The Hall–Kier alpha value is -2.13. The number of fused-ring (bicyclic) bond motifs is 1. The van der Waals surface area contributed by atoms with Crippen LogP contribution in [0.1, 0.15) is 62.3 Å². The van der Waals surface area contributed by atoms with Gasteiger partial charge in [0.05, 0.1) is 0 Å². The van der Waals surface area contributed by atoms with Gasteiger partial charge in [-0.1, -0.05) is 26.3 Å². The number of rotatable bonds is 6. The number of pyridine rings is 1. The molecular weight excluding hydrogens is 342 g/mol. The van der Waals surface area contributed by atoms with Crippen molar-refractivity contribution in [3.05, 3.63) is 53.3 Å². The Morgan fingerprint density at radius 3 is 2.68 bits per heavy atom. The van der Waals surface area contributed by atoms with Crippen LogP contribution in [0, 0.1) is 6.92 Å². The normalized spacial score (nSPS) is 16.1. The summed E-state index contributed by atoms with van der Waals surface area (Å²) in [5.74, 6) is 0.702. The van der Waals surface area contributed by atoms with Crippen LogP contribution in [0.3, 0.4) is 0 Å². The summed E-state index contributed by atoms with van der Waals surface area (Å²) < 4.78 is 0. The van der Waals surface area contributed by atoms with Gasteiger partial charge >= 0.3 is 0 Å². The molecule has 3 heterocycles. The predicted octanol–water partition coefficient (Wildman–Crippen LogP) is 6.08. The minimum Gasteiger partial charge on any atom is -0.354 e. The average Bonchev–Trinajstić information content (AvgIpc) is 3.08. The predicted molar refractivity (Wildman–Crippen MR) is 119 cm³/mol. The van der Waals surface area contributed by atoms with Crippen LogP contribution in [0.4, 0.5) is 0 Å². The molecule has 3 heteroatoms.